The van der Waals surface area contributed by atoms with E-state index in [1.165, 1.54) is 0 Å². The standard InChI is InChI=1S/C10H12N2O2/c11-7-4-3-6-2-1-5-12-9(6)8(7)10(13)14/h3-4,12H,1-2,5,11H2,(H,13,14). The Morgan fingerprint density at radius 3 is 3.00 bits per heavy atom. The lowest BCUT2D eigenvalue weighted by Gasteiger charge is -2.20. The van der Waals surface area contributed by atoms with Crippen molar-refractivity contribution in [3.8, 4) is 0 Å². The monoisotopic (exact) mass is 192 g/mol. The summed E-state index contributed by atoms with van der Waals surface area (Å²) < 4.78 is 0. The Morgan fingerprint density at radius 1 is 1.50 bits per heavy atom. The molecule has 74 valence electrons. The second kappa shape index (κ2) is 3.21. The van der Waals surface area contributed by atoms with Gasteiger partial charge in [-0.05, 0) is 24.5 Å². The number of hydrogen-bond donors (Lipinski definition) is 3. The molecule has 1 aliphatic heterocycles. The van der Waals surface area contributed by atoms with E-state index in [1.807, 2.05) is 6.07 Å². The van der Waals surface area contributed by atoms with Gasteiger partial charge in [-0.2, -0.15) is 0 Å². The first-order chi connectivity index (χ1) is 6.70. The van der Waals surface area contributed by atoms with Gasteiger partial charge in [-0.15, -0.1) is 0 Å². The number of nitrogens with two attached hydrogens (primary N) is 1. The molecule has 0 aliphatic carbocycles. The molecule has 0 fully saturated rings. The summed E-state index contributed by atoms with van der Waals surface area (Å²) in [7, 11) is 0. The highest BCUT2D eigenvalue weighted by Crippen LogP contribution is 2.30. The van der Waals surface area contributed by atoms with E-state index in [1.54, 1.807) is 6.07 Å². The summed E-state index contributed by atoms with van der Waals surface area (Å²) in [6.45, 7) is 0.816. The molecule has 1 heterocycles. The fourth-order valence-electron chi connectivity index (χ4n) is 1.79. The Balaban J connectivity index is 2.60. The van der Waals surface area contributed by atoms with Crippen LogP contribution in [0.2, 0.25) is 0 Å². The predicted octanol–water partition coefficient (Wildman–Crippen LogP) is 1.33. The van der Waals surface area contributed by atoms with Gasteiger partial charge in [0.15, 0.2) is 0 Å². The highest BCUT2D eigenvalue weighted by atomic mass is 16.4. The van der Waals surface area contributed by atoms with Gasteiger partial charge in [-0.3, -0.25) is 0 Å². The van der Waals surface area contributed by atoms with Crippen molar-refractivity contribution in [1.82, 2.24) is 0 Å². The maximum absolute atomic E-state index is 11.0. The third kappa shape index (κ3) is 1.28. The maximum Gasteiger partial charge on any atom is 0.339 e. The number of nitrogens with one attached hydrogen (secondary N) is 1. The first-order valence-corrected chi connectivity index (χ1v) is 4.58. The molecule has 4 N–H and O–H groups in total. The molecule has 0 radical (unpaired) electrons. The van der Waals surface area contributed by atoms with Gasteiger partial charge in [-0.25, -0.2) is 4.79 Å². The molecule has 0 aromatic heterocycles. The summed E-state index contributed by atoms with van der Waals surface area (Å²) in [5, 5.41) is 12.1. The molecule has 0 atom stereocenters. The van der Waals surface area contributed by atoms with Crippen molar-refractivity contribution in [2.75, 3.05) is 17.6 Å². The molecule has 4 nitrogen and oxygen atoms in total. The summed E-state index contributed by atoms with van der Waals surface area (Å²) in [4.78, 5) is 11.0. The fourth-order valence-corrected chi connectivity index (χ4v) is 1.79. The molecule has 0 saturated carbocycles. The van der Waals surface area contributed by atoms with E-state index < -0.39 is 5.97 Å². The summed E-state index contributed by atoms with van der Waals surface area (Å²) >= 11 is 0. The predicted molar refractivity (Wildman–Crippen MR) is 54.6 cm³/mol. The Bertz CT molecular complexity index is 388. The average molecular weight is 192 g/mol. The van der Waals surface area contributed by atoms with E-state index in [0.717, 1.165) is 24.9 Å². The van der Waals surface area contributed by atoms with Crippen LogP contribution in [-0.2, 0) is 6.42 Å². The van der Waals surface area contributed by atoms with Crippen LogP contribution in [0.5, 0.6) is 0 Å². The van der Waals surface area contributed by atoms with Crippen LogP contribution in [0.4, 0.5) is 11.4 Å². The van der Waals surface area contributed by atoms with Gasteiger partial charge in [0.25, 0.3) is 0 Å². The van der Waals surface area contributed by atoms with Crippen molar-refractivity contribution < 1.29 is 9.90 Å². The molecule has 0 spiro atoms. The summed E-state index contributed by atoms with van der Waals surface area (Å²) in [5.41, 5.74) is 7.90. The molecule has 0 bridgehead atoms. The Hall–Kier alpha value is -1.71. The number of aryl methyl sites for hydroxylation is 1. The minimum absolute atomic E-state index is 0.210. The zero-order valence-corrected chi connectivity index (χ0v) is 7.71. The van der Waals surface area contributed by atoms with Gasteiger partial charge in [0.1, 0.15) is 5.56 Å². The first-order valence-electron chi connectivity index (χ1n) is 4.58. The van der Waals surface area contributed by atoms with Crippen LogP contribution in [0.3, 0.4) is 0 Å². The first kappa shape index (κ1) is 8.87. The van der Waals surface area contributed by atoms with Crippen molar-refractivity contribution >= 4 is 17.3 Å². The minimum Gasteiger partial charge on any atom is -0.478 e. The van der Waals surface area contributed by atoms with E-state index in [2.05, 4.69) is 5.32 Å². The number of aromatic carboxylic acids is 1. The van der Waals surface area contributed by atoms with Gasteiger partial charge in [0, 0.05) is 12.2 Å². The van der Waals surface area contributed by atoms with Gasteiger partial charge < -0.3 is 16.2 Å². The summed E-state index contributed by atoms with van der Waals surface area (Å²) in [6, 6.07) is 3.55. The van der Waals surface area contributed by atoms with E-state index in [4.69, 9.17) is 10.8 Å². The number of rotatable bonds is 1. The van der Waals surface area contributed by atoms with Gasteiger partial charge >= 0.3 is 5.97 Å². The topological polar surface area (TPSA) is 75.4 Å². The summed E-state index contributed by atoms with van der Waals surface area (Å²) in [5.74, 6) is -0.964. The second-order valence-corrected chi connectivity index (χ2v) is 3.40. The third-order valence-electron chi connectivity index (χ3n) is 2.46. The summed E-state index contributed by atoms with van der Waals surface area (Å²) in [6.07, 6.45) is 1.96. The van der Waals surface area contributed by atoms with Gasteiger partial charge in [-0.1, -0.05) is 6.07 Å². The van der Waals surface area contributed by atoms with Crippen LogP contribution in [0, 0.1) is 0 Å². The van der Waals surface area contributed by atoms with E-state index in [-0.39, 0.29) is 5.56 Å². The highest BCUT2D eigenvalue weighted by molar-refractivity contribution is 6.00. The lowest BCUT2D eigenvalue weighted by molar-refractivity contribution is 0.0699. The molecule has 1 aromatic rings. The highest BCUT2D eigenvalue weighted by Gasteiger charge is 2.19. The van der Waals surface area contributed by atoms with Crippen LogP contribution in [-0.4, -0.2) is 17.6 Å². The fraction of sp³-hybridized carbons (Fsp3) is 0.300. The zero-order valence-electron chi connectivity index (χ0n) is 7.71. The Labute approximate surface area is 81.7 Å². The second-order valence-electron chi connectivity index (χ2n) is 3.40. The van der Waals surface area contributed by atoms with Crippen molar-refractivity contribution in [2.45, 2.75) is 12.8 Å². The molecule has 0 saturated heterocycles. The molecule has 0 amide bonds. The lowest BCUT2D eigenvalue weighted by Crippen LogP contribution is -2.17. The van der Waals surface area contributed by atoms with Crippen LogP contribution < -0.4 is 11.1 Å². The molecular formula is C10H12N2O2. The molecule has 14 heavy (non-hydrogen) atoms. The van der Waals surface area contributed by atoms with Crippen molar-refractivity contribution in [3.05, 3.63) is 23.3 Å². The number of anilines is 2. The maximum atomic E-state index is 11.0. The third-order valence-corrected chi connectivity index (χ3v) is 2.46. The number of carboxylic acids is 1. The largest absolute Gasteiger partial charge is 0.478 e. The smallest absolute Gasteiger partial charge is 0.339 e. The van der Waals surface area contributed by atoms with E-state index in [9.17, 15) is 4.79 Å². The Kier molecular flexibility index (Phi) is 2.04. The van der Waals surface area contributed by atoms with Gasteiger partial charge in [0.2, 0.25) is 0 Å². The minimum atomic E-state index is -0.964. The Morgan fingerprint density at radius 2 is 2.29 bits per heavy atom. The van der Waals surface area contributed by atoms with Crippen molar-refractivity contribution in [1.29, 1.82) is 0 Å². The van der Waals surface area contributed by atoms with Gasteiger partial charge in [0.05, 0.1) is 5.69 Å². The van der Waals surface area contributed by atoms with E-state index >= 15 is 0 Å². The molecule has 2 rings (SSSR count). The number of nitrogen functional groups attached to an aromatic ring is 1. The lowest BCUT2D eigenvalue weighted by atomic mass is 9.98. The molecular weight excluding hydrogens is 180 g/mol. The number of fused-ring (bicyclic) bond motifs is 1. The molecule has 1 aliphatic rings. The molecule has 4 heteroatoms. The van der Waals surface area contributed by atoms with Crippen LogP contribution >= 0.6 is 0 Å². The van der Waals surface area contributed by atoms with Crippen molar-refractivity contribution in [3.63, 3.8) is 0 Å². The van der Waals surface area contributed by atoms with Crippen molar-refractivity contribution in [2.24, 2.45) is 0 Å². The molecule has 1 aromatic carbocycles. The zero-order chi connectivity index (χ0) is 10.1. The quantitative estimate of drug-likeness (QED) is 0.587. The molecule has 0 unspecified atom stereocenters. The number of carboxylic acid groups (broad SMARTS) is 1. The normalized spacial score (nSPS) is 14.3. The van der Waals surface area contributed by atoms with Crippen LogP contribution in [0.1, 0.15) is 22.3 Å². The van der Waals surface area contributed by atoms with E-state index in [0.29, 0.717) is 11.4 Å². The SMILES string of the molecule is Nc1ccc2c(c1C(=O)O)NCCC2. The average Bonchev–Trinajstić information content (AvgIpc) is 2.17. The number of hydrogen-bond acceptors (Lipinski definition) is 3. The van der Waals surface area contributed by atoms with Crippen LogP contribution in [0.25, 0.3) is 0 Å². The van der Waals surface area contributed by atoms with Crippen LogP contribution in [0.15, 0.2) is 12.1 Å². The number of benzene rings is 1. The number of carbonyl (C=O) groups is 1.